The number of ether oxygens (including phenoxy) is 1. The van der Waals surface area contributed by atoms with Crippen molar-refractivity contribution in [2.75, 3.05) is 12.4 Å². The van der Waals surface area contributed by atoms with Crippen molar-refractivity contribution in [2.24, 2.45) is 10.1 Å². The monoisotopic (exact) mass is 552 g/mol. The van der Waals surface area contributed by atoms with Gasteiger partial charge in [-0.15, -0.1) is 0 Å². The molecule has 0 radical (unpaired) electrons. The first-order chi connectivity index (χ1) is 17.9. The summed E-state index contributed by atoms with van der Waals surface area (Å²) in [5.41, 5.74) is 3.38. The Morgan fingerprint density at radius 1 is 1.08 bits per heavy atom. The molecular formula is C27H22Cl2N4O3S. The molecule has 0 saturated heterocycles. The van der Waals surface area contributed by atoms with Gasteiger partial charge in [-0.2, -0.15) is 10.1 Å². The van der Waals surface area contributed by atoms with E-state index in [9.17, 15) is 9.59 Å². The van der Waals surface area contributed by atoms with Gasteiger partial charge in [0.05, 0.1) is 18.9 Å². The fourth-order valence-electron chi connectivity index (χ4n) is 4.14. The molecule has 188 valence electrons. The SMILES string of the molecule is COc1ccc(C2CC(c3ccc(Cl)cc3)=NN2C2=NC(=O)C(CC(=O)Nc3cccc(Cl)c3)S2)cc1. The Kier molecular flexibility index (Phi) is 7.50. The number of nitrogens with zero attached hydrogens (tertiary/aromatic N) is 3. The summed E-state index contributed by atoms with van der Waals surface area (Å²) in [5.74, 6) is 0.105. The number of aliphatic imine (C=N–C) groups is 1. The third-order valence-electron chi connectivity index (χ3n) is 5.99. The summed E-state index contributed by atoms with van der Waals surface area (Å²) in [6, 6.07) is 21.9. The number of rotatable bonds is 6. The summed E-state index contributed by atoms with van der Waals surface area (Å²) < 4.78 is 5.30. The molecule has 0 bridgehead atoms. The van der Waals surface area contributed by atoms with Crippen LogP contribution in [0.15, 0.2) is 82.9 Å². The van der Waals surface area contributed by atoms with Crippen LogP contribution in [-0.4, -0.2) is 40.1 Å². The number of carbonyl (C=O) groups excluding carboxylic acids is 2. The summed E-state index contributed by atoms with van der Waals surface area (Å²) in [4.78, 5) is 29.7. The first-order valence-corrected chi connectivity index (χ1v) is 13.1. The van der Waals surface area contributed by atoms with Crippen molar-refractivity contribution in [2.45, 2.75) is 24.1 Å². The molecule has 0 spiro atoms. The maximum Gasteiger partial charge on any atom is 0.262 e. The van der Waals surface area contributed by atoms with Crippen LogP contribution in [-0.2, 0) is 9.59 Å². The van der Waals surface area contributed by atoms with E-state index >= 15 is 0 Å². The lowest BCUT2D eigenvalue weighted by Crippen LogP contribution is -2.25. The molecule has 2 aliphatic heterocycles. The number of benzene rings is 3. The number of carbonyl (C=O) groups is 2. The molecule has 37 heavy (non-hydrogen) atoms. The molecule has 0 saturated carbocycles. The predicted octanol–water partition coefficient (Wildman–Crippen LogP) is 6.18. The average Bonchev–Trinajstić information content (AvgIpc) is 3.48. The number of hydrogen-bond donors (Lipinski definition) is 1. The third-order valence-corrected chi connectivity index (χ3v) is 7.62. The van der Waals surface area contributed by atoms with Crippen LogP contribution < -0.4 is 10.1 Å². The highest BCUT2D eigenvalue weighted by atomic mass is 35.5. The van der Waals surface area contributed by atoms with E-state index in [1.807, 2.05) is 48.5 Å². The summed E-state index contributed by atoms with van der Waals surface area (Å²) in [6.45, 7) is 0. The second-order valence-electron chi connectivity index (χ2n) is 8.49. The van der Waals surface area contributed by atoms with E-state index < -0.39 is 5.25 Å². The summed E-state index contributed by atoms with van der Waals surface area (Å²) >= 11 is 13.3. The highest BCUT2D eigenvalue weighted by molar-refractivity contribution is 8.15. The van der Waals surface area contributed by atoms with E-state index in [4.69, 9.17) is 33.0 Å². The van der Waals surface area contributed by atoms with Crippen molar-refractivity contribution < 1.29 is 14.3 Å². The van der Waals surface area contributed by atoms with Gasteiger partial charge in [0.2, 0.25) is 5.91 Å². The maximum atomic E-state index is 12.8. The van der Waals surface area contributed by atoms with Gasteiger partial charge in [-0.3, -0.25) is 9.59 Å². The van der Waals surface area contributed by atoms with Crippen LogP contribution in [0.1, 0.15) is 30.0 Å². The quantitative estimate of drug-likeness (QED) is 0.394. The molecule has 3 aromatic rings. The number of thioether (sulfide) groups is 1. The van der Waals surface area contributed by atoms with Gasteiger partial charge < -0.3 is 10.1 Å². The Labute approximate surface area is 228 Å². The number of halogens is 2. The van der Waals surface area contributed by atoms with Crippen LogP contribution in [0, 0.1) is 0 Å². The molecule has 7 nitrogen and oxygen atoms in total. The lowest BCUT2D eigenvalue weighted by atomic mass is 9.98. The molecule has 0 aromatic heterocycles. The van der Waals surface area contributed by atoms with Crippen molar-refractivity contribution >= 4 is 63.3 Å². The molecule has 5 rings (SSSR count). The smallest absolute Gasteiger partial charge is 0.262 e. The number of anilines is 1. The highest BCUT2D eigenvalue weighted by Gasteiger charge is 2.39. The van der Waals surface area contributed by atoms with Crippen LogP contribution >= 0.6 is 35.0 Å². The molecular weight excluding hydrogens is 531 g/mol. The molecule has 2 unspecified atom stereocenters. The fraction of sp³-hybridized carbons (Fsp3) is 0.185. The molecule has 2 aliphatic rings. The van der Waals surface area contributed by atoms with E-state index in [1.54, 1.807) is 36.4 Å². The number of nitrogens with one attached hydrogen (secondary N) is 1. The summed E-state index contributed by atoms with van der Waals surface area (Å²) in [5, 5.41) is 10.4. The largest absolute Gasteiger partial charge is 0.497 e. The predicted molar refractivity (Wildman–Crippen MR) is 149 cm³/mol. The zero-order valence-electron chi connectivity index (χ0n) is 19.7. The van der Waals surface area contributed by atoms with Crippen molar-refractivity contribution in [3.05, 3.63) is 94.0 Å². The topological polar surface area (TPSA) is 83.4 Å². The number of hydrogen-bond acceptors (Lipinski definition) is 6. The van der Waals surface area contributed by atoms with Crippen molar-refractivity contribution in [3.8, 4) is 5.75 Å². The van der Waals surface area contributed by atoms with Gasteiger partial charge in [0.25, 0.3) is 5.91 Å². The van der Waals surface area contributed by atoms with Gasteiger partial charge >= 0.3 is 0 Å². The molecule has 0 aliphatic carbocycles. The maximum absolute atomic E-state index is 12.8. The fourth-order valence-corrected chi connectivity index (χ4v) is 5.52. The minimum Gasteiger partial charge on any atom is -0.497 e. The van der Waals surface area contributed by atoms with E-state index in [0.29, 0.717) is 27.3 Å². The molecule has 1 N–H and O–H groups in total. The standard InChI is InChI=1S/C27H22Cl2N4O3S/c1-36-21-11-7-17(8-12-21)23-14-22(16-5-9-18(28)10-6-16)32-33(23)27-31-26(35)24(37-27)15-25(34)30-20-4-2-3-19(29)13-20/h2-13,23-24H,14-15H2,1H3,(H,30,34). The Bertz CT molecular complexity index is 1390. The van der Waals surface area contributed by atoms with Gasteiger partial charge in [0.15, 0.2) is 5.17 Å². The van der Waals surface area contributed by atoms with Gasteiger partial charge in [0.1, 0.15) is 11.0 Å². The van der Waals surface area contributed by atoms with Crippen molar-refractivity contribution in [1.82, 2.24) is 5.01 Å². The molecule has 2 heterocycles. The summed E-state index contributed by atoms with van der Waals surface area (Å²) in [7, 11) is 1.62. The first kappa shape index (κ1) is 25.3. The van der Waals surface area contributed by atoms with Crippen LogP contribution in [0.2, 0.25) is 10.0 Å². The normalized spacial score (nSPS) is 19.0. The number of methoxy groups -OCH3 is 1. The van der Waals surface area contributed by atoms with Crippen LogP contribution in [0.3, 0.4) is 0 Å². The van der Waals surface area contributed by atoms with Crippen molar-refractivity contribution in [1.29, 1.82) is 0 Å². The molecule has 3 aromatic carbocycles. The van der Waals surface area contributed by atoms with Gasteiger partial charge in [0, 0.05) is 28.6 Å². The molecule has 2 atom stereocenters. The molecule has 0 fully saturated rings. The second kappa shape index (κ2) is 11.0. The number of hydrazone groups is 1. The molecule has 10 heteroatoms. The average molecular weight is 553 g/mol. The van der Waals surface area contributed by atoms with Crippen LogP contribution in [0.25, 0.3) is 0 Å². The summed E-state index contributed by atoms with van der Waals surface area (Å²) in [6.07, 6.45) is 0.597. The van der Waals surface area contributed by atoms with Gasteiger partial charge in [-0.1, -0.05) is 65.3 Å². The number of amidine groups is 1. The zero-order valence-corrected chi connectivity index (χ0v) is 22.1. The molecule has 2 amide bonds. The minimum atomic E-state index is -0.638. The van der Waals surface area contributed by atoms with E-state index in [2.05, 4.69) is 10.3 Å². The Morgan fingerprint density at radius 3 is 2.54 bits per heavy atom. The van der Waals surface area contributed by atoms with E-state index in [-0.39, 0.29) is 24.3 Å². The van der Waals surface area contributed by atoms with E-state index in [0.717, 1.165) is 22.6 Å². The Hall–Kier alpha value is -3.33. The lowest BCUT2D eigenvalue weighted by molar-refractivity contribution is -0.121. The Morgan fingerprint density at radius 2 is 1.84 bits per heavy atom. The van der Waals surface area contributed by atoms with E-state index in [1.165, 1.54) is 11.8 Å². The lowest BCUT2D eigenvalue weighted by Gasteiger charge is -2.23. The zero-order chi connectivity index (χ0) is 25.9. The second-order valence-corrected chi connectivity index (χ2v) is 10.5. The van der Waals surface area contributed by atoms with Crippen LogP contribution in [0.5, 0.6) is 5.75 Å². The first-order valence-electron chi connectivity index (χ1n) is 11.5. The van der Waals surface area contributed by atoms with Crippen molar-refractivity contribution in [3.63, 3.8) is 0 Å². The Balaban J connectivity index is 1.35. The van der Waals surface area contributed by atoms with Crippen LogP contribution in [0.4, 0.5) is 5.69 Å². The minimum absolute atomic E-state index is 0.0161. The van der Waals surface area contributed by atoms with Gasteiger partial charge in [-0.25, -0.2) is 5.01 Å². The third kappa shape index (κ3) is 5.82. The van der Waals surface area contributed by atoms with Gasteiger partial charge in [-0.05, 0) is 53.6 Å². The number of amides is 2. The highest BCUT2D eigenvalue weighted by Crippen LogP contribution is 2.39.